The molecule has 0 aliphatic carbocycles. The summed E-state index contributed by atoms with van der Waals surface area (Å²) < 4.78 is 7.87. The molecule has 0 N–H and O–H groups in total. The second-order valence-corrected chi connectivity index (χ2v) is 7.90. The molecule has 4 aromatic rings. The van der Waals surface area contributed by atoms with E-state index in [1.807, 2.05) is 63.6 Å². The van der Waals surface area contributed by atoms with Gasteiger partial charge in [-0.15, -0.1) is 11.3 Å². The minimum Gasteiger partial charge on any atom is -0.440 e. The van der Waals surface area contributed by atoms with E-state index in [4.69, 9.17) is 4.42 Å². The molecule has 0 radical (unpaired) electrons. The molecule has 28 heavy (non-hydrogen) atoms. The van der Waals surface area contributed by atoms with Crippen LogP contribution in [0.4, 0.5) is 0 Å². The number of amides is 1. The molecule has 1 aliphatic rings. The van der Waals surface area contributed by atoms with E-state index in [2.05, 4.69) is 9.97 Å². The number of oxazole rings is 1. The van der Waals surface area contributed by atoms with Gasteiger partial charge in [0.25, 0.3) is 0 Å². The largest absolute Gasteiger partial charge is 0.440 e. The molecule has 1 fully saturated rings. The third-order valence-electron chi connectivity index (χ3n) is 5.20. The van der Waals surface area contributed by atoms with Gasteiger partial charge >= 0.3 is 0 Å². The van der Waals surface area contributed by atoms with Crippen LogP contribution in [0.1, 0.15) is 30.3 Å². The van der Waals surface area contributed by atoms with Crippen molar-refractivity contribution >= 4 is 28.3 Å². The first-order chi connectivity index (χ1) is 13.8. The molecule has 1 aromatic carbocycles. The van der Waals surface area contributed by atoms with Crippen molar-refractivity contribution in [2.45, 2.75) is 25.2 Å². The Labute approximate surface area is 166 Å². The Kier molecular flexibility index (Phi) is 4.44. The number of fused-ring (bicyclic) bond motifs is 1. The Bertz CT molecular complexity index is 1060. The summed E-state index contributed by atoms with van der Waals surface area (Å²) in [5, 5.41) is 2.86. The molecule has 1 amide bonds. The number of hydrogen-bond donors (Lipinski definition) is 0. The summed E-state index contributed by atoms with van der Waals surface area (Å²) in [6, 6.07) is 11.8. The minimum atomic E-state index is 0.139. The lowest BCUT2D eigenvalue weighted by atomic mass is 9.96. The summed E-state index contributed by atoms with van der Waals surface area (Å²) in [6.45, 7) is 1.47. The highest BCUT2D eigenvalue weighted by Crippen LogP contribution is 2.30. The van der Waals surface area contributed by atoms with Crippen LogP contribution in [0.2, 0.25) is 0 Å². The SMILES string of the molecule is O=C(Cc1csc(-n2cccc2)n1)N1CCC(c2nc3ccccc3o2)CC1. The number of thiazole rings is 1. The molecule has 0 unspecified atom stereocenters. The van der Waals surface area contributed by atoms with Gasteiger partial charge < -0.3 is 13.9 Å². The van der Waals surface area contributed by atoms with E-state index in [0.29, 0.717) is 6.42 Å². The van der Waals surface area contributed by atoms with Gasteiger partial charge in [-0.05, 0) is 37.1 Å². The van der Waals surface area contributed by atoms with Crippen molar-refractivity contribution in [2.75, 3.05) is 13.1 Å². The van der Waals surface area contributed by atoms with Crippen LogP contribution in [0.3, 0.4) is 0 Å². The first-order valence-corrected chi connectivity index (χ1v) is 10.4. The quantitative estimate of drug-likeness (QED) is 0.526. The lowest BCUT2D eigenvalue weighted by molar-refractivity contribution is -0.131. The zero-order valence-electron chi connectivity index (χ0n) is 15.3. The van der Waals surface area contributed by atoms with E-state index in [-0.39, 0.29) is 11.8 Å². The van der Waals surface area contributed by atoms with E-state index < -0.39 is 0 Å². The predicted octanol–water partition coefficient (Wildman–Crippen LogP) is 4.02. The highest BCUT2D eigenvalue weighted by Gasteiger charge is 2.27. The van der Waals surface area contributed by atoms with Crippen LogP contribution in [0.5, 0.6) is 0 Å². The van der Waals surface area contributed by atoms with Gasteiger partial charge in [-0.1, -0.05) is 12.1 Å². The normalized spacial score (nSPS) is 15.4. The Hall–Kier alpha value is -2.93. The molecule has 0 atom stereocenters. The van der Waals surface area contributed by atoms with Crippen LogP contribution in [-0.4, -0.2) is 38.4 Å². The fourth-order valence-electron chi connectivity index (χ4n) is 3.67. The van der Waals surface area contributed by atoms with Crippen molar-refractivity contribution in [3.63, 3.8) is 0 Å². The number of piperidine rings is 1. The molecule has 0 spiro atoms. The Balaban J connectivity index is 1.20. The molecule has 1 aliphatic heterocycles. The van der Waals surface area contributed by atoms with Crippen LogP contribution in [0.15, 0.2) is 58.6 Å². The molecule has 7 heteroatoms. The summed E-state index contributed by atoms with van der Waals surface area (Å²) >= 11 is 1.56. The average molecular weight is 392 g/mol. The smallest absolute Gasteiger partial charge is 0.228 e. The number of aromatic nitrogens is 3. The van der Waals surface area contributed by atoms with E-state index in [1.54, 1.807) is 11.3 Å². The number of para-hydroxylation sites is 2. The summed E-state index contributed by atoms with van der Waals surface area (Å²) in [6.07, 6.45) is 6.03. The number of hydrogen-bond acceptors (Lipinski definition) is 5. The fourth-order valence-corrected chi connectivity index (χ4v) is 4.46. The molecule has 3 aromatic heterocycles. The van der Waals surface area contributed by atoms with Gasteiger partial charge in [-0.2, -0.15) is 0 Å². The standard InChI is InChI=1S/C21H20N4O2S/c26-19(13-16-14-28-21(22-16)25-9-3-4-10-25)24-11-7-15(8-12-24)20-23-17-5-1-2-6-18(17)27-20/h1-6,9-10,14-15H,7-8,11-13H2. The van der Waals surface area contributed by atoms with Gasteiger partial charge in [0, 0.05) is 36.8 Å². The highest BCUT2D eigenvalue weighted by atomic mass is 32.1. The molecule has 142 valence electrons. The van der Waals surface area contributed by atoms with Crippen molar-refractivity contribution in [3.05, 3.63) is 65.8 Å². The number of carbonyl (C=O) groups is 1. The zero-order chi connectivity index (χ0) is 18.9. The molecule has 6 nitrogen and oxygen atoms in total. The first kappa shape index (κ1) is 17.2. The summed E-state index contributed by atoms with van der Waals surface area (Å²) in [5.74, 6) is 1.21. The lowest BCUT2D eigenvalue weighted by Crippen LogP contribution is -2.38. The Morgan fingerprint density at radius 3 is 2.68 bits per heavy atom. The van der Waals surface area contributed by atoms with Crippen LogP contribution in [-0.2, 0) is 11.2 Å². The van der Waals surface area contributed by atoms with Gasteiger partial charge in [0.2, 0.25) is 5.91 Å². The number of likely N-dealkylation sites (tertiary alicyclic amines) is 1. The molecule has 0 bridgehead atoms. The number of benzene rings is 1. The second-order valence-electron chi connectivity index (χ2n) is 7.06. The molecule has 1 saturated heterocycles. The number of carbonyl (C=O) groups excluding carboxylic acids is 1. The third-order valence-corrected chi connectivity index (χ3v) is 6.11. The maximum Gasteiger partial charge on any atom is 0.228 e. The van der Waals surface area contributed by atoms with Crippen LogP contribution < -0.4 is 0 Å². The molecule has 0 saturated carbocycles. The molecular weight excluding hydrogens is 372 g/mol. The maximum absolute atomic E-state index is 12.7. The van der Waals surface area contributed by atoms with E-state index in [0.717, 1.165) is 53.7 Å². The van der Waals surface area contributed by atoms with Crippen molar-refractivity contribution in [2.24, 2.45) is 0 Å². The molecule has 4 heterocycles. The summed E-state index contributed by atoms with van der Waals surface area (Å²) in [5.41, 5.74) is 2.57. The summed E-state index contributed by atoms with van der Waals surface area (Å²) in [7, 11) is 0. The molecule has 5 rings (SSSR count). The fraction of sp³-hybridized carbons (Fsp3) is 0.286. The first-order valence-electron chi connectivity index (χ1n) is 9.47. The maximum atomic E-state index is 12.7. The van der Waals surface area contributed by atoms with Crippen LogP contribution in [0, 0.1) is 0 Å². The van der Waals surface area contributed by atoms with Gasteiger partial charge in [-0.25, -0.2) is 9.97 Å². The summed E-state index contributed by atoms with van der Waals surface area (Å²) in [4.78, 5) is 23.8. The zero-order valence-corrected chi connectivity index (χ0v) is 16.1. The average Bonchev–Trinajstić information content (AvgIpc) is 3.47. The van der Waals surface area contributed by atoms with Crippen molar-refractivity contribution in [1.29, 1.82) is 0 Å². The van der Waals surface area contributed by atoms with Crippen molar-refractivity contribution in [3.8, 4) is 5.13 Å². The minimum absolute atomic E-state index is 0.139. The van der Waals surface area contributed by atoms with Gasteiger partial charge in [0.05, 0.1) is 12.1 Å². The van der Waals surface area contributed by atoms with Crippen LogP contribution >= 0.6 is 11.3 Å². The Morgan fingerprint density at radius 1 is 1.11 bits per heavy atom. The van der Waals surface area contributed by atoms with Gasteiger partial charge in [-0.3, -0.25) is 4.79 Å². The Morgan fingerprint density at radius 2 is 1.89 bits per heavy atom. The van der Waals surface area contributed by atoms with E-state index in [9.17, 15) is 4.79 Å². The van der Waals surface area contributed by atoms with Crippen LogP contribution in [0.25, 0.3) is 16.2 Å². The van der Waals surface area contributed by atoms with E-state index >= 15 is 0 Å². The van der Waals surface area contributed by atoms with Gasteiger partial charge in [0.1, 0.15) is 5.52 Å². The van der Waals surface area contributed by atoms with Crippen molar-refractivity contribution < 1.29 is 9.21 Å². The third kappa shape index (κ3) is 3.33. The van der Waals surface area contributed by atoms with E-state index in [1.165, 1.54) is 0 Å². The predicted molar refractivity (Wildman–Crippen MR) is 108 cm³/mol. The number of rotatable bonds is 4. The highest BCUT2D eigenvalue weighted by molar-refractivity contribution is 7.12. The van der Waals surface area contributed by atoms with Crippen molar-refractivity contribution in [1.82, 2.24) is 19.4 Å². The molecular formula is C21H20N4O2S. The van der Waals surface area contributed by atoms with Gasteiger partial charge in [0.15, 0.2) is 16.6 Å². The lowest BCUT2D eigenvalue weighted by Gasteiger charge is -2.30. The monoisotopic (exact) mass is 392 g/mol. The topological polar surface area (TPSA) is 64.2 Å². The second kappa shape index (κ2) is 7.24. The number of nitrogens with zero attached hydrogens (tertiary/aromatic N) is 4.